The first kappa shape index (κ1) is 13.0. The Hall–Kier alpha value is -0.0800. The standard InChI is InChI=1S/C13H28N2/c1-10-6-7-15(12(3)8-10)13(4)9-11(2)14-5/h10-14H,6-9H2,1-5H3. The summed E-state index contributed by atoms with van der Waals surface area (Å²) in [5.74, 6) is 0.921. The highest BCUT2D eigenvalue weighted by Gasteiger charge is 2.26. The number of piperidine rings is 1. The van der Waals surface area contributed by atoms with Gasteiger partial charge in [0.25, 0.3) is 0 Å². The maximum atomic E-state index is 3.33. The molecule has 4 atom stereocenters. The van der Waals surface area contributed by atoms with E-state index in [-0.39, 0.29) is 0 Å². The summed E-state index contributed by atoms with van der Waals surface area (Å²) >= 11 is 0. The van der Waals surface area contributed by atoms with Crippen LogP contribution in [0.4, 0.5) is 0 Å². The summed E-state index contributed by atoms with van der Waals surface area (Å²) in [5.41, 5.74) is 0. The van der Waals surface area contributed by atoms with E-state index in [1.165, 1.54) is 25.8 Å². The SMILES string of the molecule is CNC(C)CC(C)N1CCC(C)CC1C. The van der Waals surface area contributed by atoms with Crippen LogP contribution in [0.15, 0.2) is 0 Å². The van der Waals surface area contributed by atoms with Gasteiger partial charge in [0.1, 0.15) is 0 Å². The van der Waals surface area contributed by atoms with Crippen molar-refractivity contribution in [2.45, 2.75) is 65.1 Å². The molecule has 1 heterocycles. The number of nitrogens with zero attached hydrogens (tertiary/aromatic N) is 1. The van der Waals surface area contributed by atoms with Crippen LogP contribution in [0.25, 0.3) is 0 Å². The lowest BCUT2D eigenvalue weighted by Gasteiger charge is -2.41. The van der Waals surface area contributed by atoms with Gasteiger partial charge in [-0.25, -0.2) is 0 Å². The van der Waals surface area contributed by atoms with Crippen molar-refractivity contribution in [3.8, 4) is 0 Å². The number of nitrogens with one attached hydrogen (secondary N) is 1. The van der Waals surface area contributed by atoms with Crippen LogP contribution in [0.3, 0.4) is 0 Å². The van der Waals surface area contributed by atoms with Crippen LogP contribution >= 0.6 is 0 Å². The molecule has 0 bridgehead atoms. The van der Waals surface area contributed by atoms with Gasteiger partial charge < -0.3 is 5.32 Å². The molecule has 0 spiro atoms. The van der Waals surface area contributed by atoms with E-state index in [2.05, 4.69) is 45.0 Å². The molecule has 0 amide bonds. The number of rotatable bonds is 4. The van der Waals surface area contributed by atoms with Crippen LogP contribution in [-0.2, 0) is 0 Å². The van der Waals surface area contributed by atoms with Gasteiger partial charge in [-0.2, -0.15) is 0 Å². The normalized spacial score (nSPS) is 32.6. The Labute approximate surface area is 95.4 Å². The molecule has 0 saturated carbocycles. The minimum absolute atomic E-state index is 0.631. The van der Waals surface area contributed by atoms with Crippen molar-refractivity contribution in [1.29, 1.82) is 0 Å². The number of likely N-dealkylation sites (tertiary alicyclic amines) is 1. The van der Waals surface area contributed by atoms with Gasteiger partial charge >= 0.3 is 0 Å². The van der Waals surface area contributed by atoms with Crippen molar-refractivity contribution in [1.82, 2.24) is 10.2 Å². The molecule has 0 aromatic rings. The average Bonchev–Trinajstić information content (AvgIpc) is 2.17. The second-order valence-corrected chi connectivity index (χ2v) is 5.49. The second-order valence-electron chi connectivity index (χ2n) is 5.49. The van der Waals surface area contributed by atoms with Crippen molar-refractivity contribution in [3.05, 3.63) is 0 Å². The Morgan fingerprint density at radius 3 is 2.53 bits per heavy atom. The average molecular weight is 212 g/mol. The molecular formula is C13H28N2. The van der Waals surface area contributed by atoms with Crippen LogP contribution in [0.1, 0.15) is 47.0 Å². The molecule has 90 valence electrons. The molecule has 15 heavy (non-hydrogen) atoms. The zero-order valence-corrected chi connectivity index (χ0v) is 11.1. The van der Waals surface area contributed by atoms with Gasteiger partial charge in [0.05, 0.1) is 0 Å². The Morgan fingerprint density at radius 2 is 2.00 bits per heavy atom. The van der Waals surface area contributed by atoms with Crippen molar-refractivity contribution >= 4 is 0 Å². The van der Waals surface area contributed by atoms with Gasteiger partial charge in [-0.1, -0.05) is 6.92 Å². The van der Waals surface area contributed by atoms with Crippen LogP contribution in [-0.4, -0.2) is 36.6 Å². The Morgan fingerprint density at radius 1 is 1.33 bits per heavy atom. The predicted molar refractivity (Wildman–Crippen MR) is 67.2 cm³/mol. The summed E-state index contributed by atoms with van der Waals surface area (Å²) < 4.78 is 0. The van der Waals surface area contributed by atoms with Gasteiger partial charge in [0.15, 0.2) is 0 Å². The lowest BCUT2D eigenvalue weighted by Crippen LogP contribution is -2.47. The second kappa shape index (κ2) is 5.86. The first-order valence-corrected chi connectivity index (χ1v) is 6.47. The highest BCUT2D eigenvalue weighted by atomic mass is 15.2. The molecular weight excluding hydrogens is 184 g/mol. The molecule has 4 unspecified atom stereocenters. The summed E-state index contributed by atoms with van der Waals surface area (Å²) in [6, 6.07) is 2.12. The molecule has 1 fully saturated rings. The van der Waals surface area contributed by atoms with E-state index >= 15 is 0 Å². The smallest absolute Gasteiger partial charge is 0.00844 e. The van der Waals surface area contributed by atoms with Gasteiger partial charge in [-0.05, 0) is 59.5 Å². The van der Waals surface area contributed by atoms with E-state index in [4.69, 9.17) is 0 Å². The third-order valence-electron chi connectivity index (χ3n) is 3.94. The highest BCUT2D eigenvalue weighted by molar-refractivity contribution is 4.82. The largest absolute Gasteiger partial charge is 0.317 e. The van der Waals surface area contributed by atoms with Crippen LogP contribution in [0, 0.1) is 5.92 Å². The fraction of sp³-hybridized carbons (Fsp3) is 1.00. The molecule has 2 heteroatoms. The Bertz CT molecular complexity index is 181. The van der Waals surface area contributed by atoms with Gasteiger partial charge in [-0.3, -0.25) is 4.90 Å². The number of hydrogen-bond donors (Lipinski definition) is 1. The zero-order valence-electron chi connectivity index (χ0n) is 11.1. The maximum absolute atomic E-state index is 3.33. The third-order valence-corrected chi connectivity index (χ3v) is 3.94. The van der Waals surface area contributed by atoms with Gasteiger partial charge in [0, 0.05) is 18.1 Å². The Balaban J connectivity index is 2.41. The minimum Gasteiger partial charge on any atom is -0.317 e. The molecule has 1 rings (SSSR count). The van der Waals surface area contributed by atoms with E-state index in [9.17, 15) is 0 Å². The minimum atomic E-state index is 0.631. The van der Waals surface area contributed by atoms with E-state index in [0.29, 0.717) is 6.04 Å². The van der Waals surface area contributed by atoms with E-state index in [0.717, 1.165) is 18.0 Å². The summed E-state index contributed by atoms with van der Waals surface area (Å²) in [6.07, 6.45) is 4.01. The number of hydrogen-bond acceptors (Lipinski definition) is 2. The molecule has 0 radical (unpaired) electrons. The van der Waals surface area contributed by atoms with Crippen molar-refractivity contribution in [3.63, 3.8) is 0 Å². The van der Waals surface area contributed by atoms with Crippen molar-refractivity contribution in [2.24, 2.45) is 5.92 Å². The lowest BCUT2D eigenvalue weighted by molar-refractivity contribution is 0.0814. The van der Waals surface area contributed by atoms with E-state index in [1.807, 2.05) is 0 Å². The summed E-state index contributed by atoms with van der Waals surface area (Å²) in [5, 5.41) is 3.33. The maximum Gasteiger partial charge on any atom is 0.00844 e. The van der Waals surface area contributed by atoms with Crippen molar-refractivity contribution < 1.29 is 0 Å². The topological polar surface area (TPSA) is 15.3 Å². The van der Waals surface area contributed by atoms with Gasteiger partial charge in [-0.15, -0.1) is 0 Å². The molecule has 0 aromatic heterocycles. The quantitative estimate of drug-likeness (QED) is 0.770. The van der Waals surface area contributed by atoms with E-state index in [1.54, 1.807) is 0 Å². The summed E-state index contributed by atoms with van der Waals surface area (Å²) in [7, 11) is 2.05. The van der Waals surface area contributed by atoms with E-state index < -0.39 is 0 Å². The molecule has 2 nitrogen and oxygen atoms in total. The fourth-order valence-electron chi connectivity index (χ4n) is 2.85. The predicted octanol–water partition coefficient (Wildman–Crippen LogP) is 2.49. The fourth-order valence-corrected chi connectivity index (χ4v) is 2.85. The Kier molecular flexibility index (Phi) is 5.07. The molecule has 1 aliphatic heterocycles. The monoisotopic (exact) mass is 212 g/mol. The van der Waals surface area contributed by atoms with Crippen LogP contribution in [0.5, 0.6) is 0 Å². The third kappa shape index (κ3) is 3.76. The molecule has 1 aliphatic rings. The van der Waals surface area contributed by atoms with Crippen molar-refractivity contribution in [2.75, 3.05) is 13.6 Å². The molecule has 1 N–H and O–H groups in total. The molecule has 1 saturated heterocycles. The summed E-state index contributed by atoms with van der Waals surface area (Å²) in [6.45, 7) is 10.7. The zero-order chi connectivity index (χ0) is 11.4. The first-order valence-electron chi connectivity index (χ1n) is 6.47. The van der Waals surface area contributed by atoms with Gasteiger partial charge in [0.2, 0.25) is 0 Å². The molecule has 0 aromatic carbocycles. The van der Waals surface area contributed by atoms with Crippen LogP contribution in [0.2, 0.25) is 0 Å². The van der Waals surface area contributed by atoms with Crippen LogP contribution < -0.4 is 5.32 Å². The first-order chi connectivity index (χ1) is 7.04. The lowest BCUT2D eigenvalue weighted by atomic mass is 9.91. The summed E-state index contributed by atoms with van der Waals surface area (Å²) in [4.78, 5) is 2.69. The molecule has 0 aliphatic carbocycles. The highest BCUT2D eigenvalue weighted by Crippen LogP contribution is 2.25.